The normalized spacial score (nSPS) is 12.8. The van der Waals surface area contributed by atoms with Crippen molar-refractivity contribution in [2.24, 2.45) is 30.7 Å². The van der Waals surface area contributed by atoms with Crippen LogP contribution in [0.15, 0.2) is 153 Å². The summed E-state index contributed by atoms with van der Waals surface area (Å²) < 4.78 is 123. The van der Waals surface area contributed by atoms with Crippen molar-refractivity contribution in [1.82, 2.24) is 0 Å². The van der Waals surface area contributed by atoms with Crippen molar-refractivity contribution in [2.75, 3.05) is 34.3 Å². The van der Waals surface area contributed by atoms with Gasteiger partial charge in [-0.3, -0.25) is 13.8 Å². The molecule has 0 radical (unpaired) electrons. The molecule has 0 bridgehead atoms. The highest BCUT2D eigenvalue weighted by Gasteiger charge is 2.28. The number of fused-ring (bicyclic) bond motifs is 1. The Morgan fingerprint density at radius 3 is 1.56 bits per heavy atom. The Bertz CT molecular complexity index is 3280. The first-order valence-electron chi connectivity index (χ1n) is 17.2. The van der Waals surface area contributed by atoms with Crippen LogP contribution in [0, 0.1) is 0 Å². The molecule has 0 aromatic heterocycles. The minimum atomic E-state index is -5.24. The number of benzene rings is 6. The predicted octanol–water partition coefficient (Wildman–Crippen LogP) is 6.60. The summed E-state index contributed by atoms with van der Waals surface area (Å²) in [4.78, 5) is -2.44. The molecule has 62 heavy (non-hydrogen) atoms. The Balaban J connectivity index is 1.29. The maximum Gasteiger partial charge on any atom is 0.296 e. The summed E-state index contributed by atoms with van der Waals surface area (Å²) in [5.74, 6) is -1.59. The van der Waals surface area contributed by atoms with E-state index in [0.29, 0.717) is 34.9 Å². The number of aromatic hydroxyl groups is 1. The third-order valence-electron chi connectivity index (χ3n) is 8.55. The van der Waals surface area contributed by atoms with E-state index in [-0.39, 0.29) is 26.9 Å². The first-order chi connectivity index (χ1) is 29.1. The number of nitrogens with one attached hydrogen (secondary N) is 1. The van der Waals surface area contributed by atoms with E-state index in [2.05, 4.69) is 35.4 Å². The van der Waals surface area contributed by atoms with Gasteiger partial charge in [0.2, 0.25) is 0 Å². The van der Waals surface area contributed by atoms with Crippen molar-refractivity contribution in [2.45, 2.75) is 19.6 Å². The number of phenols is 1. The lowest BCUT2D eigenvalue weighted by Gasteiger charge is -2.14. The fourth-order valence-electron chi connectivity index (χ4n) is 5.56. The summed E-state index contributed by atoms with van der Waals surface area (Å²) in [5.41, 5.74) is 17.2. The summed E-state index contributed by atoms with van der Waals surface area (Å²) in [7, 11) is -18.4. The predicted molar refractivity (Wildman–Crippen MR) is 227 cm³/mol. The van der Waals surface area contributed by atoms with E-state index >= 15 is 0 Å². The van der Waals surface area contributed by atoms with Gasteiger partial charge in [0.1, 0.15) is 26.9 Å². The maximum absolute atomic E-state index is 13.2. The number of nitrogen functional groups attached to an aromatic ring is 3. The molecule has 6 aromatic carbocycles. The molecule has 0 saturated heterocycles. The van der Waals surface area contributed by atoms with Gasteiger partial charge < -0.3 is 27.4 Å². The minimum Gasteiger partial charge on any atom is -0.505 e. The lowest BCUT2D eigenvalue weighted by molar-refractivity contribution is 0.319. The number of aliphatic hydroxyl groups is 1. The topological polar surface area (TPSA) is 382 Å². The molecule has 0 unspecified atom stereocenters. The van der Waals surface area contributed by atoms with Crippen molar-refractivity contribution in [1.29, 1.82) is 0 Å². The van der Waals surface area contributed by atoms with Gasteiger partial charge >= 0.3 is 0 Å². The van der Waals surface area contributed by atoms with Gasteiger partial charge in [0, 0.05) is 11.4 Å². The molecule has 6 rings (SSSR count). The molecule has 0 spiro atoms. The number of nitrogens with two attached hydrogens (primary N) is 3. The van der Waals surface area contributed by atoms with Gasteiger partial charge in [-0.1, -0.05) is 0 Å². The van der Waals surface area contributed by atoms with E-state index in [1.54, 1.807) is 12.1 Å². The Morgan fingerprint density at radius 2 is 1.05 bits per heavy atom. The zero-order valence-corrected chi connectivity index (χ0v) is 34.6. The average molecular weight is 925 g/mol. The number of hydrogen-bond donors (Lipinski definition) is 8. The van der Waals surface area contributed by atoms with Gasteiger partial charge in [-0.2, -0.15) is 32.2 Å². The zero-order valence-electron chi connectivity index (χ0n) is 31.3. The van der Waals surface area contributed by atoms with Crippen LogP contribution in [-0.4, -0.2) is 65.3 Å². The molecule has 26 heteroatoms. The Hall–Kier alpha value is -6.94. The lowest BCUT2D eigenvalue weighted by atomic mass is 10.1. The lowest BCUT2D eigenvalue weighted by Crippen LogP contribution is -2.12. The van der Waals surface area contributed by atoms with Gasteiger partial charge in [0.15, 0.2) is 15.6 Å². The van der Waals surface area contributed by atoms with E-state index in [1.165, 1.54) is 54.6 Å². The largest absolute Gasteiger partial charge is 0.505 e. The molecule has 22 nitrogen and oxygen atoms in total. The number of sulfone groups is 1. The number of aliphatic hydroxyl groups excluding tert-OH is 1. The van der Waals surface area contributed by atoms with E-state index < -0.39 is 95.8 Å². The van der Waals surface area contributed by atoms with E-state index in [4.69, 9.17) is 22.3 Å². The maximum atomic E-state index is 13.2. The van der Waals surface area contributed by atoms with Crippen molar-refractivity contribution >= 4 is 108 Å². The van der Waals surface area contributed by atoms with E-state index in [0.717, 1.165) is 24.3 Å². The molecule has 11 N–H and O–H groups in total. The molecular formula is C36H32N10O12S4. The fourth-order valence-corrected chi connectivity index (χ4v) is 8.97. The molecule has 0 heterocycles. The second-order valence-electron chi connectivity index (χ2n) is 12.9. The molecule has 0 saturated carbocycles. The molecule has 0 aliphatic rings. The fraction of sp³-hybridized carbons (Fsp3) is 0.0556. The summed E-state index contributed by atoms with van der Waals surface area (Å²) >= 11 is 0. The van der Waals surface area contributed by atoms with Crippen LogP contribution < -0.4 is 21.9 Å². The van der Waals surface area contributed by atoms with E-state index in [1.807, 2.05) is 0 Å². The third-order valence-corrected chi connectivity index (χ3v) is 13.4. The second kappa shape index (κ2) is 17.2. The van der Waals surface area contributed by atoms with Crippen molar-refractivity contribution < 1.29 is 53.0 Å². The van der Waals surface area contributed by atoms with Gasteiger partial charge in [-0.15, -0.1) is 15.3 Å². The smallest absolute Gasteiger partial charge is 0.296 e. The van der Waals surface area contributed by atoms with Crippen LogP contribution in [-0.2, 0) is 40.1 Å². The van der Waals surface area contributed by atoms with Crippen LogP contribution in [0.4, 0.5) is 56.9 Å². The summed E-state index contributed by atoms with van der Waals surface area (Å²) in [6.45, 7) is -0.623. The van der Waals surface area contributed by atoms with Crippen LogP contribution in [0.1, 0.15) is 0 Å². The van der Waals surface area contributed by atoms with Gasteiger partial charge in [-0.25, -0.2) is 16.8 Å². The summed E-state index contributed by atoms with van der Waals surface area (Å²) in [6, 6.07) is 21.4. The van der Waals surface area contributed by atoms with Gasteiger partial charge in [-0.05, 0) is 109 Å². The highest BCUT2D eigenvalue weighted by molar-refractivity contribution is 7.92. The van der Waals surface area contributed by atoms with Crippen molar-refractivity contribution in [3.8, 4) is 5.75 Å². The Morgan fingerprint density at radius 1 is 0.565 bits per heavy atom. The zero-order chi connectivity index (χ0) is 45.2. The molecule has 322 valence electrons. The number of phenolic OH excluding ortho intramolecular Hbond substituents is 1. The first-order valence-corrected chi connectivity index (χ1v) is 23.2. The number of sulfonamides is 1. The Labute approximate surface area is 352 Å². The van der Waals surface area contributed by atoms with Crippen LogP contribution in [0.25, 0.3) is 10.8 Å². The van der Waals surface area contributed by atoms with Crippen LogP contribution in [0.3, 0.4) is 0 Å². The van der Waals surface area contributed by atoms with Crippen LogP contribution in [0.2, 0.25) is 0 Å². The highest BCUT2D eigenvalue weighted by Crippen LogP contribution is 2.48. The van der Waals surface area contributed by atoms with Gasteiger partial charge in [0.05, 0.1) is 56.0 Å². The molecular weight excluding hydrogens is 893 g/mol. The van der Waals surface area contributed by atoms with Crippen molar-refractivity contribution in [3.63, 3.8) is 0 Å². The number of azo groups is 3. The van der Waals surface area contributed by atoms with Gasteiger partial charge in [0.25, 0.3) is 30.3 Å². The molecule has 0 aliphatic carbocycles. The monoisotopic (exact) mass is 924 g/mol. The Kier molecular flexibility index (Phi) is 12.4. The average Bonchev–Trinajstić information content (AvgIpc) is 3.19. The number of rotatable bonds is 14. The van der Waals surface area contributed by atoms with E-state index in [9.17, 15) is 47.9 Å². The van der Waals surface area contributed by atoms with Crippen LogP contribution >= 0.6 is 0 Å². The quantitative estimate of drug-likeness (QED) is 0.0324. The molecule has 0 fully saturated rings. The molecule has 6 aromatic rings. The third kappa shape index (κ3) is 9.98. The number of anilines is 4. The highest BCUT2D eigenvalue weighted by atomic mass is 32.2. The number of nitrogens with zero attached hydrogens (tertiary/aromatic N) is 6. The minimum absolute atomic E-state index is 0.0285. The van der Waals surface area contributed by atoms with Crippen LogP contribution in [0.5, 0.6) is 5.75 Å². The standard InChI is InChI=1S/C36H32N10O12S4/c37-21-1-14-29(28(38)19-21)43-40-22-2-4-25(5-3-22)46-60(51,52)27-12-8-24(9-13-27)42-45-35-31(62(56,57)58)18-20-17-30(61(53,54)55)34(33(39)32(20)36(35)48)44-41-23-6-10-26(11-7-23)59(49,50)16-15-47/h1-14,17-19,46-48H,15-16,37-39H2,(H,53,54,55)(H,56,57,58). The summed E-state index contributed by atoms with van der Waals surface area (Å²) in [5, 5.41) is 42.9. The molecule has 0 amide bonds. The molecule has 0 aliphatic heterocycles. The first kappa shape index (κ1) is 44.6. The summed E-state index contributed by atoms with van der Waals surface area (Å²) in [6.07, 6.45) is 0. The number of hydrogen-bond acceptors (Lipinski definition) is 19. The SMILES string of the molecule is Nc1ccc(N=Nc2ccc(NS(=O)(=O)c3ccc(N=Nc4c(S(=O)(=O)O)cc5cc(S(=O)(=O)O)c(N=Nc6ccc(S(=O)(=O)CCO)cc6)c(N)c5c4O)cc3)cc2)c(N)c1. The second-order valence-corrected chi connectivity index (χ2v) is 19.4. The molecule has 0 atom stereocenters. The van der Waals surface area contributed by atoms with Crippen molar-refractivity contribution in [3.05, 3.63) is 103 Å².